The second kappa shape index (κ2) is 7.09. The maximum Gasteiger partial charge on any atom is 0.350 e. The summed E-state index contributed by atoms with van der Waals surface area (Å²) < 4.78 is 12.0. The van der Waals surface area contributed by atoms with Gasteiger partial charge in [-0.1, -0.05) is 23.5 Å². The number of para-hydroxylation sites is 1. The minimum atomic E-state index is -0.725. The van der Waals surface area contributed by atoms with Crippen LogP contribution in [0.1, 0.15) is 32.6 Å². The highest BCUT2D eigenvalue weighted by atomic mass is 32.1. The van der Waals surface area contributed by atoms with Gasteiger partial charge in [0.25, 0.3) is 5.91 Å². The molecule has 0 aliphatic heterocycles. The fraction of sp³-hybridized carbons (Fsp3) is 0.222. The van der Waals surface area contributed by atoms with Crippen LogP contribution in [0, 0.1) is 6.92 Å². The lowest BCUT2D eigenvalue weighted by molar-refractivity contribution is 0.0530. The van der Waals surface area contributed by atoms with E-state index in [-0.39, 0.29) is 12.2 Å². The Morgan fingerprint density at radius 3 is 2.77 bits per heavy atom. The molecule has 0 atom stereocenters. The number of hydrogen-bond acceptors (Lipinski definition) is 6. The average molecular weight is 372 g/mol. The zero-order valence-corrected chi connectivity index (χ0v) is 15.3. The van der Waals surface area contributed by atoms with Gasteiger partial charge in [-0.05, 0) is 26.0 Å². The Labute approximate surface area is 152 Å². The molecule has 3 aromatic rings. The molecule has 8 heteroatoms. The van der Waals surface area contributed by atoms with Gasteiger partial charge in [0.05, 0.1) is 12.0 Å². The van der Waals surface area contributed by atoms with Crippen molar-refractivity contribution in [3.05, 3.63) is 61.7 Å². The summed E-state index contributed by atoms with van der Waals surface area (Å²) in [6.45, 7) is 3.70. The summed E-state index contributed by atoms with van der Waals surface area (Å²) in [5.74, 6) is -1.19. The van der Waals surface area contributed by atoms with E-state index in [1.54, 1.807) is 49.7 Å². The molecule has 0 bridgehead atoms. The molecule has 0 aliphatic carbocycles. The van der Waals surface area contributed by atoms with Gasteiger partial charge in [-0.3, -0.25) is 9.59 Å². The number of ether oxygens (including phenoxy) is 1. The van der Waals surface area contributed by atoms with Crippen LogP contribution in [0.3, 0.4) is 0 Å². The van der Waals surface area contributed by atoms with Gasteiger partial charge in [0.15, 0.2) is 4.80 Å². The predicted molar refractivity (Wildman–Crippen MR) is 96.4 cm³/mol. The molecule has 0 saturated carbocycles. The van der Waals surface area contributed by atoms with Gasteiger partial charge in [0.2, 0.25) is 5.43 Å². The second-order valence-corrected chi connectivity index (χ2v) is 6.45. The molecular formula is C18H16N2O5S. The first-order valence-electron chi connectivity index (χ1n) is 7.87. The van der Waals surface area contributed by atoms with Crippen molar-refractivity contribution in [2.24, 2.45) is 12.0 Å². The number of hydrogen-bond donors (Lipinski definition) is 0. The molecular weight excluding hydrogens is 356 g/mol. The van der Waals surface area contributed by atoms with Crippen LogP contribution in [0.4, 0.5) is 0 Å². The van der Waals surface area contributed by atoms with Crippen LogP contribution in [0.2, 0.25) is 0 Å². The Kier molecular flexibility index (Phi) is 4.85. The minimum Gasteiger partial charge on any atom is -0.463 e. The van der Waals surface area contributed by atoms with Crippen molar-refractivity contribution < 1.29 is 18.7 Å². The summed E-state index contributed by atoms with van der Waals surface area (Å²) in [5.41, 5.74) is 0.427. The summed E-state index contributed by atoms with van der Waals surface area (Å²) in [5, 5.41) is 0.312. The summed E-state index contributed by atoms with van der Waals surface area (Å²) >= 11 is 1.03. The number of nitrogens with zero attached hydrogens (tertiary/aromatic N) is 2. The Morgan fingerprint density at radius 1 is 1.31 bits per heavy atom. The van der Waals surface area contributed by atoms with E-state index in [9.17, 15) is 14.4 Å². The van der Waals surface area contributed by atoms with Crippen molar-refractivity contribution in [3.63, 3.8) is 0 Å². The van der Waals surface area contributed by atoms with Gasteiger partial charge < -0.3 is 13.7 Å². The summed E-state index contributed by atoms with van der Waals surface area (Å²) in [7, 11) is 1.68. The molecule has 2 heterocycles. The molecule has 134 valence electrons. The fourth-order valence-electron chi connectivity index (χ4n) is 2.39. The topological polar surface area (TPSA) is 90.9 Å². The Bertz CT molecular complexity index is 1140. The van der Waals surface area contributed by atoms with Gasteiger partial charge in [0.1, 0.15) is 22.3 Å². The van der Waals surface area contributed by atoms with Gasteiger partial charge in [-0.2, -0.15) is 4.99 Å². The number of benzene rings is 1. The maximum atomic E-state index is 12.5. The van der Waals surface area contributed by atoms with Gasteiger partial charge in [0, 0.05) is 12.7 Å². The first-order chi connectivity index (χ1) is 12.4. The molecule has 3 rings (SSSR count). The first-order valence-corrected chi connectivity index (χ1v) is 8.68. The van der Waals surface area contributed by atoms with Gasteiger partial charge in [-0.25, -0.2) is 4.79 Å². The van der Waals surface area contributed by atoms with Crippen molar-refractivity contribution >= 4 is 34.2 Å². The van der Waals surface area contributed by atoms with E-state index in [0.717, 1.165) is 17.6 Å². The third-order valence-electron chi connectivity index (χ3n) is 3.88. The first kappa shape index (κ1) is 17.8. The quantitative estimate of drug-likeness (QED) is 0.659. The smallest absolute Gasteiger partial charge is 0.350 e. The summed E-state index contributed by atoms with van der Waals surface area (Å²) in [6, 6.07) is 6.67. The highest BCUT2D eigenvalue weighted by molar-refractivity contribution is 7.11. The number of thiazole rings is 1. The van der Waals surface area contributed by atoms with Gasteiger partial charge >= 0.3 is 5.97 Å². The zero-order chi connectivity index (χ0) is 18.8. The molecule has 0 spiro atoms. The third-order valence-corrected chi connectivity index (χ3v) is 5.09. The van der Waals surface area contributed by atoms with E-state index in [1.165, 1.54) is 0 Å². The highest BCUT2D eigenvalue weighted by Crippen LogP contribution is 2.13. The molecule has 0 aliphatic rings. The predicted octanol–water partition coefficient (Wildman–Crippen LogP) is 2.42. The largest absolute Gasteiger partial charge is 0.463 e. The fourth-order valence-corrected chi connectivity index (χ4v) is 3.40. The van der Waals surface area contributed by atoms with E-state index < -0.39 is 17.3 Å². The SMILES string of the molecule is CCOC(=O)c1sc(=NC(=O)c2coc3ccccc3c2=O)n(C)c1C. The Balaban J connectivity index is 2.07. The molecule has 0 N–H and O–H groups in total. The van der Waals surface area contributed by atoms with E-state index in [0.29, 0.717) is 26.3 Å². The standard InChI is InChI=1S/C18H16N2O5S/c1-4-24-17(23)15-10(2)20(3)18(26-15)19-16(22)12-9-25-13-8-6-5-7-11(13)14(12)21/h5-9H,4H2,1-3H3. The Hall–Kier alpha value is -3.00. The van der Waals surface area contributed by atoms with Crippen molar-refractivity contribution in [1.29, 1.82) is 0 Å². The van der Waals surface area contributed by atoms with Crippen LogP contribution in [-0.4, -0.2) is 23.1 Å². The number of amides is 1. The number of aromatic nitrogens is 1. The van der Waals surface area contributed by atoms with Crippen LogP contribution in [0.5, 0.6) is 0 Å². The molecule has 1 amide bonds. The molecule has 0 unspecified atom stereocenters. The number of fused-ring (bicyclic) bond motifs is 1. The number of rotatable bonds is 3. The van der Waals surface area contributed by atoms with Gasteiger partial charge in [-0.15, -0.1) is 0 Å². The molecule has 7 nitrogen and oxygen atoms in total. The summed E-state index contributed by atoms with van der Waals surface area (Å²) in [6.07, 6.45) is 1.11. The molecule has 0 saturated heterocycles. The third kappa shape index (κ3) is 3.11. The zero-order valence-electron chi connectivity index (χ0n) is 14.4. The van der Waals surface area contributed by atoms with Crippen molar-refractivity contribution in [1.82, 2.24) is 4.57 Å². The maximum absolute atomic E-state index is 12.5. The van der Waals surface area contributed by atoms with Crippen LogP contribution in [-0.2, 0) is 11.8 Å². The Morgan fingerprint density at radius 2 is 2.04 bits per heavy atom. The molecule has 2 aromatic heterocycles. The number of carbonyl (C=O) groups is 2. The molecule has 0 fully saturated rings. The van der Waals surface area contributed by atoms with Crippen molar-refractivity contribution in [3.8, 4) is 0 Å². The monoisotopic (exact) mass is 372 g/mol. The molecule has 26 heavy (non-hydrogen) atoms. The van der Waals surface area contributed by atoms with E-state index in [4.69, 9.17) is 9.15 Å². The molecule has 1 aromatic carbocycles. The lowest BCUT2D eigenvalue weighted by atomic mass is 10.2. The minimum absolute atomic E-state index is 0.160. The van der Waals surface area contributed by atoms with Crippen LogP contribution < -0.4 is 10.2 Å². The van der Waals surface area contributed by atoms with Crippen LogP contribution in [0.15, 0.2) is 44.7 Å². The van der Waals surface area contributed by atoms with E-state index in [1.807, 2.05) is 0 Å². The average Bonchev–Trinajstić information content (AvgIpc) is 2.91. The van der Waals surface area contributed by atoms with Crippen molar-refractivity contribution in [2.45, 2.75) is 13.8 Å². The van der Waals surface area contributed by atoms with E-state index >= 15 is 0 Å². The lowest BCUT2D eigenvalue weighted by Crippen LogP contribution is -2.18. The highest BCUT2D eigenvalue weighted by Gasteiger charge is 2.18. The van der Waals surface area contributed by atoms with E-state index in [2.05, 4.69) is 4.99 Å². The number of esters is 1. The number of carbonyl (C=O) groups excluding carboxylic acids is 2. The lowest BCUT2D eigenvalue weighted by Gasteiger charge is -2.00. The van der Waals surface area contributed by atoms with Crippen LogP contribution in [0.25, 0.3) is 11.0 Å². The van der Waals surface area contributed by atoms with Crippen LogP contribution >= 0.6 is 11.3 Å². The second-order valence-electron chi connectivity index (χ2n) is 5.47. The van der Waals surface area contributed by atoms with Crippen molar-refractivity contribution in [2.75, 3.05) is 6.61 Å². The normalized spacial score (nSPS) is 11.7. The summed E-state index contributed by atoms with van der Waals surface area (Å²) in [4.78, 5) is 41.6. The molecule has 0 radical (unpaired) electrons.